The van der Waals surface area contributed by atoms with Gasteiger partial charge in [0.2, 0.25) is 0 Å². The van der Waals surface area contributed by atoms with Crippen molar-refractivity contribution in [2.24, 2.45) is 0 Å². The zero-order valence-corrected chi connectivity index (χ0v) is 10.1. The summed E-state index contributed by atoms with van der Waals surface area (Å²) in [6.07, 6.45) is 2.30. The molecule has 2 N–H and O–H groups in total. The molecule has 0 aromatic carbocycles. The Morgan fingerprint density at radius 2 is 2.33 bits per heavy atom. The van der Waals surface area contributed by atoms with Crippen LogP contribution in [0.5, 0.6) is 0 Å². The molecule has 0 aliphatic carbocycles. The van der Waals surface area contributed by atoms with Gasteiger partial charge in [-0.05, 0) is 33.4 Å². The quantitative estimate of drug-likeness (QED) is 0.682. The number of likely N-dealkylation sites (tertiary alicyclic amines) is 1. The van der Waals surface area contributed by atoms with Gasteiger partial charge >= 0.3 is 0 Å². The van der Waals surface area contributed by atoms with Gasteiger partial charge in [0.05, 0.1) is 19.3 Å². The van der Waals surface area contributed by atoms with E-state index in [0.717, 1.165) is 19.4 Å². The van der Waals surface area contributed by atoms with Crippen molar-refractivity contribution in [1.82, 2.24) is 10.2 Å². The first kappa shape index (κ1) is 12.9. The summed E-state index contributed by atoms with van der Waals surface area (Å²) in [5, 5.41) is 12.6. The Kier molecular flexibility index (Phi) is 5.53. The van der Waals surface area contributed by atoms with Gasteiger partial charge in [0.15, 0.2) is 0 Å². The molecule has 90 valence electrons. The minimum Gasteiger partial charge on any atom is -0.395 e. The fraction of sp³-hybridized carbons (Fsp3) is 1.00. The number of aliphatic hydroxyl groups is 1. The van der Waals surface area contributed by atoms with Gasteiger partial charge in [-0.1, -0.05) is 0 Å². The van der Waals surface area contributed by atoms with Crippen molar-refractivity contribution in [3.63, 3.8) is 0 Å². The van der Waals surface area contributed by atoms with Crippen molar-refractivity contribution < 1.29 is 9.84 Å². The van der Waals surface area contributed by atoms with Crippen LogP contribution in [0.2, 0.25) is 0 Å². The molecule has 1 heterocycles. The molecule has 1 aliphatic rings. The Morgan fingerprint density at radius 3 is 2.87 bits per heavy atom. The highest BCUT2D eigenvalue weighted by Crippen LogP contribution is 2.15. The maximum absolute atomic E-state index is 9.15. The molecule has 0 aromatic rings. The maximum Gasteiger partial charge on any atom is 0.0638 e. The van der Waals surface area contributed by atoms with Crippen LogP contribution >= 0.6 is 0 Å². The lowest BCUT2D eigenvalue weighted by atomic mass is 9.98. The van der Waals surface area contributed by atoms with Crippen LogP contribution in [0.15, 0.2) is 0 Å². The average Bonchev–Trinajstić information content (AvgIpc) is 2.23. The zero-order chi connectivity index (χ0) is 11.3. The van der Waals surface area contributed by atoms with Gasteiger partial charge < -0.3 is 20.1 Å². The summed E-state index contributed by atoms with van der Waals surface area (Å²) in [5.74, 6) is 0. The van der Waals surface area contributed by atoms with E-state index in [0.29, 0.717) is 18.7 Å². The molecule has 0 spiro atoms. The molecule has 0 saturated carbocycles. The molecule has 3 unspecified atom stereocenters. The van der Waals surface area contributed by atoms with E-state index in [1.807, 2.05) is 0 Å². The van der Waals surface area contributed by atoms with Gasteiger partial charge in [-0.3, -0.25) is 0 Å². The van der Waals surface area contributed by atoms with Gasteiger partial charge in [-0.25, -0.2) is 0 Å². The molecule has 1 saturated heterocycles. The van der Waals surface area contributed by atoms with E-state index in [4.69, 9.17) is 9.84 Å². The molecule has 0 amide bonds. The molecule has 0 aromatic heterocycles. The van der Waals surface area contributed by atoms with Crippen LogP contribution in [0.3, 0.4) is 0 Å². The number of hydrogen-bond acceptors (Lipinski definition) is 4. The number of nitrogens with one attached hydrogen (secondary N) is 1. The summed E-state index contributed by atoms with van der Waals surface area (Å²) < 4.78 is 5.05. The van der Waals surface area contributed by atoms with Crippen molar-refractivity contribution in [2.45, 2.75) is 37.9 Å². The fourth-order valence-corrected chi connectivity index (χ4v) is 2.13. The second-order valence-corrected chi connectivity index (χ2v) is 4.55. The average molecular weight is 216 g/mol. The van der Waals surface area contributed by atoms with E-state index in [1.54, 1.807) is 7.11 Å². The van der Waals surface area contributed by atoms with Crippen molar-refractivity contribution in [1.29, 1.82) is 0 Å². The van der Waals surface area contributed by atoms with Gasteiger partial charge in [-0.2, -0.15) is 0 Å². The predicted molar refractivity (Wildman–Crippen MR) is 61.0 cm³/mol. The van der Waals surface area contributed by atoms with Crippen molar-refractivity contribution in [2.75, 3.05) is 33.9 Å². The SMILES string of the molecule is COCC(CO)NC1CCN(C)C(C)C1. The van der Waals surface area contributed by atoms with Gasteiger partial charge in [0, 0.05) is 19.2 Å². The molecule has 1 fully saturated rings. The third-order valence-electron chi connectivity index (χ3n) is 3.27. The second-order valence-electron chi connectivity index (χ2n) is 4.55. The first-order valence-corrected chi connectivity index (χ1v) is 5.73. The molecule has 15 heavy (non-hydrogen) atoms. The van der Waals surface area contributed by atoms with Crippen LogP contribution < -0.4 is 5.32 Å². The smallest absolute Gasteiger partial charge is 0.0638 e. The summed E-state index contributed by atoms with van der Waals surface area (Å²) >= 11 is 0. The Labute approximate surface area is 92.6 Å². The number of rotatable bonds is 5. The fourth-order valence-electron chi connectivity index (χ4n) is 2.13. The van der Waals surface area contributed by atoms with Crippen LogP contribution in [0.4, 0.5) is 0 Å². The molecular formula is C11H24N2O2. The minimum atomic E-state index is 0.0793. The highest BCUT2D eigenvalue weighted by molar-refractivity contribution is 4.83. The monoisotopic (exact) mass is 216 g/mol. The first-order chi connectivity index (χ1) is 7.17. The number of methoxy groups -OCH3 is 1. The van der Waals surface area contributed by atoms with E-state index < -0.39 is 0 Å². The largest absolute Gasteiger partial charge is 0.395 e. The summed E-state index contributed by atoms with van der Waals surface area (Å²) in [6, 6.07) is 1.22. The normalized spacial score (nSPS) is 30.4. The van der Waals surface area contributed by atoms with Gasteiger partial charge in [-0.15, -0.1) is 0 Å². The van der Waals surface area contributed by atoms with Crippen LogP contribution in [-0.4, -0.2) is 62.0 Å². The van der Waals surface area contributed by atoms with Crippen molar-refractivity contribution >= 4 is 0 Å². The lowest BCUT2D eigenvalue weighted by Gasteiger charge is -2.36. The van der Waals surface area contributed by atoms with Crippen molar-refractivity contribution in [3.8, 4) is 0 Å². The van der Waals surface area contributed by atoms with Crippen LogP contribution in [-0.2, 0) is 4.74 Å². The Hall–Kier alpha value is -0.160. The lowest BCUT2D eigenvalue weighted by molar-refractivity contribution is 0.102. The van der Waals surface area contributed by atoms with Crippen LogP contribution in [0.1, 0.15) is 19.8 Å². The predicted octanol–water partition coefficient (Wildman–Crippen LogP) is 0.0660. The van der Waals surface area contributed by atoms with Gasteiger partial charge in [0.25, 0.3) is 0 Å². The van der Waals surface area contributed by atoms with Gasteiger partial charge in [0.1, 0.15) is 0 Å². The summed E-state index contributed by atoms with van der Waals surface area (Å²) in [5.41, 5.74) is 0. The Morgan fingerprint density at radius 1 is 1.60 bits per heavy atom. The number of nitrogens with zero attached hydrogens (tertiary/aromatic N) is 1. The molecule has 3 atom stereocenters. The number of piperidine rings is 1. The molecule has 4 heteroatoms. The highest BCUT2D eigenvalue weighted by atomic mass is 16.5. The number of ether oxygens (including phenoxy) is 1. The van der Waals surface area contributed by atoms with Crippen molar-refractivity contribution in [3.05, 3.63) is 0 Å². The molecular weight excluding hydrogens is 192 g/mol. The number of hydrogen-bond donors (Lipinski definition) is 2. The summed E-state index contributed by atoms with van der Waals surface area (Å²) in [4.78, 5) is 2.38. The van der Waals surface area contributed by atoms with E-state index in [9.17, 15) is 0 Å². The standard InChI is InChI=1S/C11H24N2O2/c1-9-6-10(4-5-13(9)2)12-11(7-14)8-15-3/h9-12,14H,4-8H2,1-3H3. The van der Waals surface area contributed by atoms with E-state index in [1.165, 1.54) is 0 Å². The third kappa shape index (κ3) is 4.07. The topological polar surface area (TPSA) is 44.7 Å². The first-order valence-electron chi connectivity index (χ1n) is 5.73. The Bertz CT molecular complexity index is 178. The summed E-state index contributed by atoms with van der Waals surface area (Å²) in [6.45, 7) is 4.11. The third-order valence-corrected chi connectivity index (χ3v) is 3.27. The maximum atomic E-state index is 9.15. The second kappa shape index (κ2) is 6.43. The van der Waals surface area contributed by atoms with Crippen LogP contribution in [0.25, 0.3) is 0 Å². The zero-order valence-electron chi connectivity index (χ0n) is 10.1. The molecule has 1 rings (SSSR count). The number of aliphatic hydroxyl groups excluding tert-OH is 1. The molecule has 0 radical (unpaired) electrons. The van der Waals surface area contributed by atoms with E-state index in [2.05, 4.69) is 24.2 Å². The molecule has 4 nitrogen and oxygen atoms in total. The summed E-state index contributed by atoms with van der Waals surface area (Å²) in [7, 11) is 3.83. The molecule has 1 aliphatic heterocycles. The van der Waals surface area contributed by atoms with E-state index in [-0.39, 0.29) is 12.6 Å². The van der Waals surface area contributed by atoms with E-state index >= 15 is 0 Å². The Balaban J connectivity index is 2.31. The molecule has 0 bridgehead atoms. The van der Waals surface area contributed by atoms with Crippen LogP contribution in [0, 0.1) is 0 Å². The lowest BCUT2D eigenvalue weighted by Crippen LogP contribution is -2.50. The minimum absolute atomic E-state index is 0.0793. The highest BCUT2D eigenvalue weighted by Gasteiger charge is 2.24.